The number of hydrogen-bond acceptors (Lipinski definition) is 3. The van der Waals surface area contributed by atoms with Crippen molar-refractivity contribution in [3.05, 3.63) is 91.7 Å². The van der Waals surface area contributed by atoms with E-state index in [0.717, 1.165) is 10.1 Å². The highest BCUT2D eigenvalue weighted by molar-refractivity contribution is 6.30. The van der Waals surface area contributed by atoms with Crippen molar-refractivity contribution in [1.29, 1.82) is 0 Å². The first kappa shape index (κ1) is 18.8. The summed E-state index contributed by atoms with van der Waals surface area (Å²) in [7, 11) is 1.65. The van der Waals surface area contributed by atoms with Gasteiger partial charge in [-0.1, -0.05) is 29.8 Å². The molecule has 1 amide bonds. The third-order valence-corrected chi connectivity index (χ3v) is 5.00. The van der Waals surface area contributed by atoms with E-state index in [2.05, 4.69) is 10.3 Å². The monoisotopic (exact) mass is 408 g/mol. The zero-order valence-corrected chi connectivity index (χ0v) is 16.4. The quantitative estimate of drug-likeness (QED) is 0.545. The maximum absolute atomic E-state index is 13.1. The van der Waals surface area contributed by atoms with Crippen LogP contribution in [0.2, 0.25) is 5.02 Å². The third-order valence-electron chi connectivity index (χ3n) is 4.75. The predicted octanol–water partition coefficient (Wildman–Crippen LogP) is 3.23. The van der Waals surface area contributed by atoms with Gasteiger partial charge in [0.1, 0.15) is 5.52 Å². The highest BCUT2D eigenvalue weighted by Crippen LogP contribution is 2.19. The van der Waals surface area contributed by atoms with Crippen LogP contribution in [-0.4, -0.2) is 20.0 Å². The SMILES string of the molecule is Cc1ccccc1NC(=O)c1cn(C)c2c(=O)n(-c3ccc(Cl)cc3)c(=O)[nH]c12. The number of aromatic nitrogens is 3. The second kappa shape index (κ2) is 7.10. The summed E-state index contributed by atoms with van der Waals surface area (Å²) in [4.78, 5) is 41.2. The Hall–Kier alpha value is -3.58. The lowest BCUT2D eigenvalue weighted by Gasteiger charge is -2.08. The number of aryl methyl sites for hydroxylation is 2. The minimum atomic E-state index is -0.638. The van der Waals surface area contributed by atoms with Gasteiger partial charge in [0.25, 0.3) is 11.5 Å². The van der Waals surface area contributed by atoms with Gasteiger partial charge in [0.05, 0.1) is 16.8 Å². The van der Waals surface area contributed by atoms with E-state index in [4.69, 9.17) is 11.6 Å². The van der Waals surface area contributed by atoms with Crippen LogP contribution in [0.3, 0.4) is 0 Å². The molecular formula is C21H17ClN4O3. The molecule has 146 valence electrons. The topological polar surface area (TPSA) is 88.9 Å². The van der Waals surface area contributed by atoms with Crippen molar-refractivity contribution in [1.82, 2.24) is 14.1 Å². The first-order chi connectivity index (χ1) is 13.9. The van der Waals surface area contributed by atoms with E-state index >= 15 is 0 Å². The molecule has 29 heavy (non-hydrogen) atoms. The number of rotatable bonds is 3. The Morgan fingerprint density at radius 3 is 2.45 bits per heavy atom. The van der Waals surface area contributed by atoms with Crippen molar-refractivity contribution >= 4 is 34.2 Å². The molecule has 0 spiro atoms. The maximum atomic E-state index is 13.1. The van der Waals surface area contributed by atoms with Crippen LogP contribution in [0.25, 0.3) is 16.7 Å². The van der Waals surface area contributed by atoms with Gasteiger partial charge in [0.2, 0.25) is 0 Å². The number of nitrogens with zero attached hydrogens (tertiary/aromatic N) is 2. The van der Waals surface area contributed by atoms with Gasteiger partial charge in [-0.2, -0.15) is 0 Å². The van der Waals surface area contributed by atoms with Gasteiger partial charge in [-0.15, -0.1) is 0 Å². The highest BCUT2D eigenvalue weighted by atomic mass is 35.5. The fourth-order valence-corrected chi connectivity index (χ4v) is 3.40. The first-order valence-electron chi connectivity index (χ1n) is 8.84. The lowest BCUT2D eigenvalue weighted by molar-refractivity contribution is 0.102. The van der Waals surface area contributed by atoms with Gasteiger partial charge in [-0.25, -0.2) is 9.36 Å². The minimum Gasteiger partial charge on any atom is -0.344 e. The predicted molar refractivity (Wildman–Crippen MR) is 113 cm³/mol. The molecule has 2 N–H and O–H groups in total. The molecule has 0 aliphatic rings. The number of carbonyl (C=O) groups is 1. The summed E-state index contributed by atoms with van der Waals surface area (Å²) in [5, 5.41) is 3.32. The van der Waals surface area contributed by atoms with Crippen LogP contribution in [0.15, 0.2) is 64.3 Å². The summed E-state index contributed by atoms with van der Waals surface area (Å²) in [6.45, 7) is 1.88. The van der Waals surface area contributed by atoms with Crippen molar-refractivity contribution in [2.75, 3.05) is 5.32 Å². The van der Waals surface area contributed by atoms with E-state index in [1.807, 2.05) is 25.1 Å². The molecule has 2 heterocycles. The molecule has 4 aromatic rings. The molecule has 0 fully saturated rings. The fourth-order valence-electron chi connectivity index (χ4n) is 3.27. The minimum absolute atomic E-state index is 0.193. The fraction of sp³-hybridized carbons (Fsp3) is 0.0952. The number of benzene rings is 2. The molecular weight excluding hydrogens is 392 g/mol. The van der Waals surface area contributed by atoms with Gasteiger partial charge < -0.3 is 14.9 Å². The number of amides is 1. The number of H-pyrrole nitrogens is 1. The summed E-state index contributed by atoms with van der Waals surface area (Å²) in [6.07, 6.45) is 1.53. The normalized spacial score (nSPS) is 11.0. The summed E-state index contributed by atoms with van der Waals surface area (Å²) >= 11 is 5.89. The summed E-state index contributed by atoms with van der Waals surface area (Å²) < 4.78 is 2.55. The van der Waals surface area contributed by atoms with E-state index in [0.29, 0.717) is 16.4 Å². The van der Waals surface area contributed by atoms with E-state index in [1.165, 1.54) is 10.8 Å². The van der Waals surface area contributed by atoms with Crippen LogP contribution >= 0.6 is 11.6 Å². The Morgan fingerprint density at radius 2 is 1.76 bits per heavy atom. The summed E-state index contributed by atoms with van der Waals surface area (Å²) in [5.74, 6) is -0.413. The number of halogens is 1. The van der Waals surface area contributed by atoms with E-state index in [1.54, 1.807) is 37.4 Å². The Labute approximate surface area is 170 Å². The van der Waals surface area contributed by atoms with Gasteiger partial charge in [0, 0.05) is 24.0 Å². The van der Waals surface area contributed by atoms with Crippen molar-refractivity contribution in [3.8, 4) is 5.69 Å². The molecule has 0 saturated carbocycles. The second-order valence-electron chi connectivity index (χ2n) is 6.69. The average molecular weight is 409 g/mol. The Kier molecular flexibility index (Phi) is 4.60. The highest BCUT2D eigenvalue weighted by Gasteiger charge is 2.20. The van der Waals surface area contributed by atoms with Crippen molar-refractivity contribution in [2.45, 2.75) is 6.92 Å². The molecule has 0 unspecified atom stereocenters. The number of carbonyl (C=O) groups excluding carboxylic acids is 1. The number of para-hydroxylation sites is 1. The van der Waals surface area contributed by atoms with Crippen LogP contribution in [-0.2, 0) is 7.05 Å². The van der Waals surface area contributed by atoms with Gasteiger partial charge in [-0.05, 0) is 42.8 Å². The second-order valence-corrected chi connectivity index (χ2v) is 7.13. The van der Waals surface area contributed by atoms with E-state index in [9.17, 15) is 14.4 Å². The molecule has 0 aliphatic carbocycles. The molecule has 8 heteroatoms. The summed E-state index contributed by atoms with van der Waals surface area (Å²) in [5.41, 5.74) is 1.40. The molecule has 0 aliphatic heterocycles. The van der Waals surface area contributed by atoms with Crippen molar-refractivity contribution in [3.63, 3.8) is 0 Å². The molecule has 7 nitrogen and oxygen atoms in total. The smallest absolute Gasteiger partial charge is 0.333 e. The standard InChI is InChI=1S/C21H17ClN4O3/c1-12-5-3-4-6-16(12)23-19(27)15-11-25(2)18-17(15)24-21(29)26(20(18)28)14-9-7-13(22)8-10-14/h3-11H,1-2H3,(H,23,27)(H,24,29). The first-order valence-corrected chi connectivity index (χ1v) is 9.22. The third kappa shape index (κ3) is 3.25. The van der Waals surface area contributed by atoms with Crippen LogP contribution in [0.5, 0.6) is 0 Å². The number of anilines is 1. The number of fused-ring (bicyclic) bond motifs is 1. The van der Waals surface area contributed by atoms with Crippen LogP contribution < -0.4 is 16.6 Å². The Morgan fingerprint density at radius 1 is 1.07 bits per heavy atom. The Bertz CT molecular complexity index is 1360. The zero-order valence-electron chi connectivity index (χ0n) is 15.7. The largest absolute Gasteiger partial charge is 0.344 e. The van der Waals surface area contributed by atoms with Crippen LogP contribution in [0.1, 0.15) is 15.9 Å². The van der Waals surface area contributed by atoms with Crippen LogP contribution in [0.4, 0.5) is 5.69 Å². The van der Waals surface area contributed by atoms with E-state index in [-0.39, 0.29) is 16.6 Å². The lowest BCUT2D eigenvalue weighted by atomic mass is 10.2. The zero-order chi connectivity index (χ0) is 20.7. The molecule has 0 radical (unpaired) electrons. The number of hydrogen-bond donors (Lipinski definition) is 2. The van der Waals surface area contributed by atoms with E-state index < -0.39 is 17.2 Å². The van der Waals surface area contributed by atoms with Gasteiger partial charge >= 0.3 is 5.69 Å². The number of aromatic amines is 1. The molecule has 2 aromatic carbocycles. The van der Waals surface area contributed by atoms with Gasteiger partial charge in [-0.3, -0.25) is 9.59 Å². The molecule has 2 aromatic heterocycles. The molecule has 0 bridgehead atoms. The van der Waals surface area contributed by atoms with Crippen molar-refractivity contribution < 1.29 is 4.79 Å². The Balaban J connectivity index is 1.86. The lowest BCUT2D eigenvalue weighted by Crippen LogP contribution is -2.34. The maximum Gasteiger partial charge on any atom is 0.333 e. The van der Waals surface area contributed by atoms with Gasteiger partial charge in [0.15, 0.2) is 0 Å². The molecule has 4 rings (SSSR count). The summed E-state index contributed by atoms with van der Waals surface area (Å²) in [6, 6.07) is 13.7. The number of nitrogens with one attached hydrogen (secondary N) is 2. The molecule has 0 saturated heterocycles. The average Bonchev–Trinajstić information content (AvgIpc) is 3.01. The molecule has 0 atom stereocenters. The van der Waals surface area contributed by atoms with Crippen molar-refractivity contribution in [2.24, 2.45) is 7.05 Å². The van der Waals surface area contributed by atoms with Crippen LogP contribution in [0, 0.1) is 6.92 Å².